The van der Waals surface area contributed by atoms with E-state index in [9.17, 15) is 4.79 Å². The number of nitrogens with two attached hydrogens (primary N) is 1. The SMILES string of the molecule is Cc1cc([C@@H](C)N)c2oc(-c3nn(C)c4ccccc34)c(C)c(=O)c2c1. The van der Waals surface area contributed by atoms with Crippen molar-refractivity contribution in [3.63, 3.8) is 0 Å². The van der Waals surface area contributed by atoms with Gasteiger partial charge in [-0.2, -0.15) is 5.10 Å². The molecule has 0 bridgehead atoms. The fourth-order valence-electron chi connectivity index (χ4n) is 3.51. The Kier molecular flexibility index (Phi) is 3.70. The number of aryl methyl sites for hydroxylation is 2. The van der Waals surface area contributed by atoms with Crippen LogP contribution in [0.2, 0.25) is 0 Å². The molecule has 1 atom stereocenters. The zero-order valence-corrected chi connectivity index (χ0v) is 15.3. The standard InChI is InChI=1S/C21H21N3O2/c1-11-9-15(13(3)22)21-16(10-11)19(25)12(2)20(26-21)18-14-7-5-6-8-17(14)24(4)23-18/h5-10,13H,22H2,1-4H3/t13-/m1/s1. The van der Waals surface area contributed by atoms with E-state index in [1.165, 1.54) is 0 Å². The molecule has 4 aromatic rings. The molecule has 5 nitrogen and oxygen atoms in total. The Morgan fingerprint density at radius 1 is 1.15 bits per heavy atom. The summed E-state index contributed by atoms with van der Waals surface area (Å²) in [6, 6.07) is 11.5. The first-order chi connectivity index (χ1) is 12.4. The number of hydrogen-bond acceptors (Lipinski definition) is 4. The molecular weight excluding hydrogens is 326 g/mol. The molecule has 5 heteroatoms. The van der Waals surface area contributed by atoms with Crippen LogP contribution in [0, 0.1) is 13.8 Å². The average molecular weight is 347 g/mol. The van der Waals surface area contributed by atoms with E-state index < -0.39 is 0 Å². The molecule has 2 N–H and O–H groups in total. The molecule has 2 aromatic heterocycles. The fourth-order valence-corrected chi connectivity index (χ4v) is 3.51. The molecule has 0 unspecified atom stereocenters. The van der Waals surface area contributed by atoms with E-state index in [0.29, 0.717) is 28.0 Å². The predicted octanol–water partition coefficient (Wildman–Crippen LogP) is 3.98. The van der Waals surface area contributed by atoms with Crippen LogP contribution in [0.15, 0.2) is 45.6 Å². The minimum absolute atomic E-state index is 0.0402. The third kappa shape index (κ3) is 2.35. The fraction of sp³-hybridized carbons (Fsp3) is 0.238. The van der Waals surface area contributed by atoms with Crippen molar-refractivity contribution in [2.45, 2.75) is 26.8 Å². The molecule has 2 aromatic carbocycles. The lowest BCUT2D eigenvalue weighted by atomic mass is 10.00. The van der Waals surface area contributed by atoms with Crippen molar-refractivity contribution in [3.8, 4) is 11.5 Å². The lowest BCUT2D eigenvalue weighted by Gasteiger charge is -2.13. The van der Waals surface area contributed by atoms with Crippen molar-refractivity contribution in [3.05, 3.63) is 63.3 Å². The summed E-state index contributed by atoms with van der Waals surface area (Å²) in [4.78, 5) is 13.1. The number of para-hydroxylation sites is 1. The Morgan fingerprint density at radius 3 is 2.62 bits per heavy atom. The van der Waals surface area contributed by atoms with E-state index in [2.05, 4.69) is 5.10 Å². The normalized spacial score (nSPS) is 12.8. The van der Waals surface area contributed by atoms with Crippen molar-refractivity contribution in [2.75, 3.05) is 0 Å². The number of rotatable bonds is 2. The van der Waals surface area contributed by atoms with Crippen LogP contribution in [0.1, 0.15) is 29.7 Å². The van der Waals surface area contributed by atoms with Gasteiger partial charge in [-0.15, -0.1) is 0 Å². The minimum atomic E-state index is -0.239. The van der Waals surface area contributed by atoms with Gasteiger partial charge < -0.3 is 10.2 Å². The second kappa shape index (κ2) is 5.81. The van der Waals surface area contributed by atoms with Gasteiger partial charge in [-0.1, -0.05) is 24.3 Å². The highest BCUT2D eigenvalue weighted by atomic mass is 16.3. The first-order valence-electron chi connectivity index (χ1n) is 8.64. The molecule has 0 fully saturated rings. The van der Waals surface area contributed by atoms with Crippen molar-refractivity contribution in [1.82, 2.24) is 9.78 Å². The van der Waals surface area contributed by atoms with Gasteiger partial charge in [0.1, 0.15) is 11.3 Å². The van der Waals surface area contributed by atoms with E-state index in [4.69, 9.17) is 10.2 Å². The Hall–Kier alpha value is -2.92. The zero-order valence-electron chi connectivity index (χ0n) is 15.3. The number of nitrogens with zero attached hydrogens (tertiary/aromatic N) is 2. The number of benzene rings is 2. The summed E-state index contributed by atoms with van der Waals surface area (Å²) in [5.74, 6) is 0.505. The summed E-state index contributed by atoms with van der Waals surface area (Å²) in [5.41, 5.74) is 10.7. The van der Waals surface area contributed by atoms with Gasteiger partial charge >= 0.3 is 0 Å². The van der Waals surface area contributed by atoms with Crippen LogP contribution < -0.4 is 11.2 Å². The first kappa shape index (κ1) is 16.5. The molecule has 0 aliphatic heterocycles. The maximum Gasteiger partial charge on any atom is 0.196 e. The van der Waals surface area contributed by atoms with Crippen LogP contribution >= 0.6 is 0 Å². The Balaban J connectivity index is 2.14. The van der Waals surface area contributed by atoms with Crippen LogP contribution in [0.25, 0.3) is 33.3 Å². The lowest BCUT2D eigenvalue weighted by Crippen LogP contribution is -2.12. The Labute approximate surface area is 151 Å². The van der Waals surface area contributed by atoms with E-state index in [0.717, 1.165) is 22.0 Å². The van der Waals surface area contributed by atoms with Crippen LogP contribution in [-0.2, 0) is 7.05 Å². The Bertz CT molecular complexity index is 1220. The van der Waals surface area contributed by atoms with Gasteiger partial charge in [0.05, 0.1) is 10.9 Å². The molecule has 0 amide bonds. The summed E-state index contributed by atoms with van der Waals surface area (Å²) in [6.07, 6.45) is 0. The van der Waals surface area contributed by atoms with Crippen LogP contribution in [0.5, 0.6) is 0 Å². The molecule has 0 radical (unpaired) electrons. The highest BCUT2D eigenvalue weighted by Crippen LogP contribution is 2.33. The molecule has 4 rings (SSSR count). The van der Waals surface area contributed by atoms with E-state index in [-0.39, 0.29) is 11.5 Å². The largest absolute Gasteiger partial charge is 0.453 e. The second-order valence-corrected chi connectivity index (χ2v) is 6.89. The quantitative estimate of drug-likeness (QED) is 0.595. The van der Waals surface area contributed by atoms with E-state index in [1.54, 1.807) is 11.6 Å². The number of hydrogen-bond donors (Lipinski definition) is 1. The molecule has 0 saturated heterocycles. The van der Waals surface area contributed by atoms with Crippen molar-refractivity contribution >= 4 is 21.9 Å². The monoisotopic (exact) mass is 347 g/mol. The highest BCUT2D eigenvalue weighted by molar-refractivity contribution is 5.94. The summed E-state index contributed by atoms with van der Waals surface area (Å²) >= 11 is 0. The predicted molar refractivity (Wildman–Crippen MR) is 104 cm³/mol. The smallest absolute Gasteiger partial charge is 0.196 e. The molecule has 0 aliphatic carbocycles. The maximum atomic E-state index is 13.1. The van der Waals surface area contributed by atoms with Crippen LogP contribution in [0.3, 0.4) is 0 Å². The van der Waals surface area contributed by atoms with Gasteiger partial charge in [0, 0.05) is 29.6 Å². The molecule has 26 heavy (non-hydrogen) atoms. The molecule has 2 heterocycles. The maximum absolute atomic E-state index is 13.1. The van der Waals surface area contributed by atoms with Gasteiger partial charge in [0.25, 0.3) is 0 Å². The van der Waals surface area contributed by atoms with Crippen molar-refractivity contribution in [1.29, 1.82) is 0 Å². The first-order valence-corrected chi connectivity index (χ1v) is 8.64. The van der Waals surface area contributed by atoms with Crippen LogP contribution in [-0.4, -0.2) is 9.78 Å². The van der Waals surface area contributed by atoms with Gasteiger partial charge in [-0.3, -0.25) is 9.48 Å². The molecule has 0 saturated carbocycles. The summed E-state index contributed by atoms with van der Waals surface area (Å²) in [7, 11) is 1.89. The molecule has 0 aliphatic rings. The molecular formula is C21H21N3O2. The Morgan fingerprint density at radius 2 is 1.88 bits per heavy atom. The minimum Gasteiger partial charge on any atom is -0.453 e. The highest BCUT2D eigenvalue weighted by Gasteiger charge is 2.21. The van der Waals surface area contributed by atoms with Crippen molar-refractivity contribution in [2.24, 2.45) is 12.8 Å². The van der Waals surface area contributed by atoms with Crippen LogP contribution in [0.4, 0.5) is 0 Å². The zero-order chi connectivity index (χ0) is 18.6. The molecule has 0 spiro atoms. The van der Waals surface area contributed by atoms with E-state index in [1.807, 2.05) is 57.3 Å². The van der Waals surface area contributed by atoms with Gasteiger partial charge in [-0.05, 0) is 38.5 Å². The lowest BCUT2D eigenvalue weighted by molar-refractivity contribution is 0.599. The van der Waals surface area contributed by atoms with Gasteiger partial charge in [0.2, 0.25) is 0 Å². The third-order valence-electron chi connectivity index (χ3n) is 4.86. The number of fused-ring (bicyclic) bond motifs is 2. The average Bonchev–Trinajstić information content (AvgIpc) is 2.95. The van der Waals surface area contributed by atoms with Gasteiger partial charge in [-0.25, -0.2) is 0 Å². The summed E-state index contributed by atoms with van der Waals surface area (Å²) in [6.45, 7) is 5.64. The number of aromatic nitrogens is 2. The van der Waals surface area contributed by atoms with Gasteiger partial charge in [0.15, 0.2) is 11.2 Å². The summed E-state index contributed by atoms with van der Waals surface area (Å²) in [5, 5.41) is 6.14. The summed E-state index contributed by atoms with van der Waals surface area (Å²) < 4.78 is 8.07. The second-order valence-electron chi connectivity index (χ2n) is 6.89. The topological polar surface area (TPSA) is 74.0 Å². The van der Waals surface area contributed by atoms with E-state index >= 15 is 0 Å². The third-order valence-corrected chi connectivity index (χ3v) is 4.86. The molecule has 132 valence electrons. The van der Waals surface area contributed by atoms with Crippen molar-refractivity contribution < 1.29 is 4.42 Å².